The molecule has 3 rings (SSSR count). The van der Waals surface area contributed by atoms with Gasteiger partial charge in [0.1, 0.15) is 5.69 Å². The number of nitro benzene ring substituents is 1. The first-order chi connectivity index (χ1) is 11.5. The molecule has 2 aromatic carbocycles. The van der Waals surface area contributed by atoms with Crippen molar-refractivity contribution in [3.05, 3.63) is 64.2 Å². The molecule has 24 heavy (non-hydrogen) atoms. The van der Waals surface area contributed by atoms with E-state index in [-0.39, 0.29) is 22.2 Å². The predicted octanol–water partition coefficient (Wildman–Crippen LogP) is 3.25. The second kappa shape index (κ2) is 6.25. The van der Waals surface area contributed by atoms with Gasteiger partial charge in [-0.3, -0.25) is 19.7 Å². The Bertz CT molecular complexity index is 894. The van der Waals surface area contributed by atoms with Crippen molar-refractivity contribution in [2.75, 3.05) is 5.01 Å². The molecule has 0 saturated carbocycles. The lowest BCUT2D eigenvalue weighted by Gasteiger charge is -2.15. The minimum atomic E-state index is -0.593. The molecule has 1 heterocycles. The Morgan fingerprint density at radius 1 is 1.17 bits per heavy atom. The molecule has 1 aliphatic rings. The number of benzene rings is 2. The van der Waals surface area contributed by atoms with Gasteiger partial charge in [0, 0.05) is 23.4 Å². The van der Waals surface area contributed by atoms with Crippen LogP contribution in [0.2, 0.25) is 0 Å². The van der Waals surface area contributed by atoms with Crippen LogP contribution >= 0.6 is 11.8 Å². The summed E-state index contributed by atoms with van der Waals surface area (Å²) in [6.07, 6.45) is 0. The molecule has 0 N–H and O–H groups in total. The number of nitro groups is 1. The second-order valence-corrected chi connectivity index (χ2v) is 5.94. The number of hydrogen-bond acceptors (Lipinski definition) is 6. The van der Waals surface area contributed by atoms with Gasteiger partial charge in [-0.2, -0.15) is 10.1 Å². The zero-order valence-corrected chi connectivity index (χ0v) is 13.3. The van der Waals surface area contributed by atoms with Crippen LogP contribution in [-0.4, -0.2) is 21.7 Å². The minimum absolute atomic E-state index is 0.0202. The Labute approximate surface area is 141 Å². The molecule has 1 amide bonds. The van der Waals surface area contributed by atoms with Crippen LogP contribution in [0.1, 0.15) is 17.3 Å². The largest absolute Gasteiger partial charge is 0.295 e. The van der Waals surface area contributed by atoms with Crippen molar-refractivity contribution >= 4 is 39.9 Å². The van der Waals surface area contributed by atoms with Gasteiger partial charge in [-0.25, -0.2) is 0 Å². The van der Waals surface area contributed by atoms with Gasteiger partial charge in [-0.05, 0) is 18.2 Å². The fraction of sp³-hybridized carbons (Fsp3) is 0.0625. The molecule has 0 saturated heterocycles. The van der Waals surface area contributed by atoms with Crippen LogP contribution in [0, 0.1) is 10.1 Å². The molecule has 0 aliphatic carbocycles. The third kappa shape index (κ3) is 2.79. The lowest BCUT2D eigenvalue weighted by atomic mass is 10.1. The van der Waals surface area contributed by atoms with Crippen LogP contribution in [0.15, 0.2) is 58.5 Å². The quantitative estimate of drug-likeness (QED) is 0.631. The van der Waals surface area contributed by atoms with Gasteiger partial charge in [0.25, 0.3) is 5.69 Å². The molecule has 2 aromatic rings. The smallest absolute Gasteiger partial charge is 0.286 e. The number of nitrogens with zero attached hydrogens (tertiary/aromatic N) is 3. The van der Waals surface area contributed by atoms with E-state index in [1.54, 1.807) is 30.3 Å². The van der Waals surface area contributed by atoms with E-state index >= 15 is 0 Å². The number of fused-ring (bicyclic) bond motifs is 1. The number of rotatable bonds is 3. The van der Waals surface area contributed by atoms with Crippen molar-refractivity contribution in [1.29, 1.82) is 0 Å². The highest BCUT2D eigenvalue weighted by Crippen LogP contribution is 2.35. The molecule has 0 aromatic heterocycles. The maximum absolute atomic E-state index is 12.4. The molecule has 1 aliphatic heterocycles. The molecule has 0 spiro atoms. The van der Waals surface area contributed by atoms with Gasteiger partial charge < -0.3 is 0 Å². The number of hydrazone groups is 1. The fourth-order valence-electron chi connectivity index (χ4n) is 2.26. The number of thioether (sulfide) groups is 1. The van der Waals surface area contributed by atoms with Gasteiger partial charge in [-0.1, -0.05) is 36.0 Å². The average molecular weight is 341 g/mol. The van der Waals surface area contributed by atoms with E-state index in [0.717, 1.165) is 21.7 Å². The number of anilines is 1. The van der Waals surface area contributed by atoms with Crippen molar-refractivity contribution in [2.45, 2.75) is 11.8 Å². The number of ketones is 1. The minimum Gasteiger partial charge on any atom is -0.286 e. The Balaban J connectivity index is 2.05. The van der Waals surface area contributed by atoms with Crippen molar-refractivity contribution in [1.82, 2.24) is 0 Å². The van der Waals surface area contributed by atoms with Crippen LogP contribution in [0.25, 0.3) is 0 Å². The summed E-state index contributed by atoms with van der Waals surface area (Å²) in [5.74, 6) is -0.832. The fourth-order valence-corrected chi connectivity index (χ4v) is 3.21. The summed E-state index contributed by atoms with van der Waals surface area (Å²) >= 11 is 1.14. The number of para-hydroxylation sites is 2. The van der Waals surface area contributed by atoms with Crippen molar-refractivity contribution in [2.24, 2.45) is 5.10 Å². The first-order valence-electron chi connectivity index (χ1n) is 6.93. The van der Waals surface area contributed by atoms with Crippen LogP contribution in [0.4, 0.5) is 11.4 Å². The van der Waals surface area contributed by atoms with E-state index in [0.29, 0.717) is 5.56 Å². The van der Waals surface area contributed by atoms with Gasteiger partial charge in [0.05, 0.1) is 4.92 Å². The molecule has 0 fully saturated rings. The summed E-state index contributed by atoms with van der Waals surface area (Å²) in [4.78, 5) is 35.7. The van der Waals surface area contributed by atoms with E-state index in [1.807, 2.05) is 0 Å². The van der Waals surface area contributed by atoms with Crippen LogP contribution < -0.4 is 5.01 Å². The van der Waals surface area contributed by atoms with Crippen LogP contribution in [-0.2, 0) is 4.79 Å². The zero-order chi connectivity index (χ0) is 17.3. The summed E-state index contributed by atoms with van der Waals surface area (Å²) in [7, 11) is 0. The van der Waals surface area contributed by atoms with E-state index < -0.39 is 10.8 Å². The van der Waals surface area contributed by atoms with Gasteiger partial charge in [0.2, 0.25) is 11.7 Å². The highest BCUT2D eigenvalue weighted by atomic mass is 32.2. The normalized spacial score (nSPS) is 14.5. The summed E-state index contributed by atoms with van der Waals surface area (Å²) in [6, 6.07) is 12.8. The van der Waals surface area contributed by atoms with Crippen molar-refractivity contribution in [3.63, 3.8) is 0 Å². The van der Waals surface area contributed by atoms with E-state index in [4.69, 9.17) is 0 Å². The standard InChI is InChI=1S/C16H11N3O4S/c1-10(20)18(12-7-3-4-8-13(12)19(22)23)17-16-15(21)11-6-2-5-9-14(11)24-16/h2-9H,1H3/b17-16+. The SMILES string of the molecule is CC(=O)N(/N=C1/Sc2ccccc2C1=O)c1ccccc1[N+](=O)[O-]. The van der Waals surface area contributed by atoms with Gasteiger partial charge in [0.15, 0.2) is 5.04 Å². The Morgan fingerprint density at radius 3 is 2.50 bits per heavy atom. The predicted molar refractivity (Wildman–Crippen MR) is 90.3 cm³/mol. The molecule has 0 atom stereocenters. The molecule has 120 valence electrons. The molecule has 7 nitrogen and oxygen atoms in total. The first-order valence-corrected chi connectivity index (χ1v) is 7.75. The maximum Gasteiger partial charge on any atom is 0.295 e. The van der Waals surface area contributed by atoms with E-state index in [9.17, 15) is 19.7 Å². The molecular weight excluding hydrogens is 330 g/mol. The highest BCUT2D eigenvalue weighted by Gasteiger charge is 2.30. The summed E-state index contributed by atoms with van der Waals surface area (Å²) in [5, 5.41) is 16.3. The lowest BCUT2D eigenvalue weighted by Crippen LogP contribution is -2.25. The van der Waals surface area contributed by atoms with Crippen molar-refractivity contribution in [3.8, 4) is 0 Å². The molecular formula is C16H11N3O4S. The van der Waals surface area contributed by atoms with E-state index in [1.165, 1.54) is 25.1 Å². The summed E-state index contributed by atoms with van der Waals surface area (Å²) in [5.41, 5.74) is 0.268. The Hall–Kier alpha value is -3.00. The summed E-state index contributed by atoms with van der Waals surface area (Å²) in [6.45, 7) is 1.23. The molecule has 8 heteroatoms. The number of amides is 1. The number of hydrogen-bond donors (Lipinski definition) is 0. The molecule has 0 unspecified atom stereocenters. The lowest BCUT2D eigenvalue weighted by molar-refractivity contribution is -0.384. The van der Waals surface area contributed by atoms with Crippen LogP contribution in [0.3, 0.4) is 0 Å². The average Bonchev–Trinajstić information content (AvgIpc) is 2.89. The second-order valence-electron chi connectivity index (χ2n) is 4.91. The van der Waals surface area contributed by atoms with Gasteiger partial charge >= 0.3 is 0 Å². The summed E-state index contributed by atoms with van der Waals surface area (Å²) < 4.78 is 0. The molecule has 0 bridgehead atoms. The first kappa shape index (κ1) is 15.9. The number of carbonyl (C=O) groups excluding carboxylic acids is 2. The third-order valence-electron chi connectivity index (χ3n) is 3.33. The maximum atomic E-state index is 12.4. The zero-order valence-electron chi connectivity index (χ0n) is 12.5. The Morgan fingerprint density at radius 2 is 1.83 bits per heavy atom. The number of carbonyl (C=O) groups is 2. The van der Waals surface area contributed by atoms with E-state index in [2.05, 4.69) is 5.10 Å². The van der Waals surface area contributed by atoms with Crippen molar-refractivity contribution < 1.29 is 14.5 Å². The van der Waals surface area contributed by atoms with Crippen LogP contribution in [0.5, 0.6) is 0 Å². The highest BCUT2D eigenvalue weighted by molar-refractivity contribution is 8.16. The number of Topliss-reactive ketones (excluding diaryl/α,β-unsaturated/α-hetero) is 1. The topological polar surface area (TPSA) is 92.9 Å². The molecule has 0 radical (unpaired) electrons. The Kier molecular flexibility index (Phi) is 4.13. The monoisotopic (exact) mass is 341 g/mol. The van der Waals surface area contributed by atoms with Gasteiger partial charge in [-0.15, -0.1) is 0 Å². The third-order valence-corrected chi connectivity index (χ3v) is 4.36.